The van der Waals surface area contributed by atoms with E-state index < -0.39 is 11.7 Å². The van der Waals surface area contributed by atoms with Crippen molar-refractivity contribution in [3.63, 3.8) is 0 Å². The van der Waals surface area contributed by atoms with Crippen LogP contribution in [0.25, 0.3) is 10.6 Å². The van der Waals surface area contributed by atoms with Gasteiger partial charge in [-0.05, 0) is 36.8 Å². The molecule has 4 rings (SSSR count). The number of nitrogens with one attached hydrogen (secondary N) is 1. The summed E-state index contributed by atoms with van der Waals surface area (Å²) in [5.41, 5.74) is 1.69. The number of anilines is 1. The topological polar surface area (TPSA) is 75.2 Å². The number of hydrogen-bond donors (Lipinski definition) is 1. The molecule has 0 aliphatic heterocycles. The first-order valence-electron chi connectivity index (χ1n) is 10.9. The highest BCUT2D eigenvalue weighted by molar-refractivity contribution is 7.18. The SMILES string of the molecule is CC(c1ccccc1)N(CCC(=O)Nc1nnc(-c2ccc(Cl)cc2)s1)C(=O)c1ccccc1F. The third-order valence-electron chi connectivity index (χ3n) is 5.46. The number of hydrogen-bond acceptors (Lipinski definition) is 5. The summed E-state index contributed by atoms with van der Waals surface area (Å²) >= 11 is 7.16. The van der Waals surface area contributed by atoms with Crippen molar-refractivity contribution in [3.8, 4) is 10.6 Å². The predicted octanol–water partition coefficient (Wildman–Crippen LogP) is 6.23. The van der Waals surface area contributed by atoms with Crippen LogP contribution in [0.3, 0.4) is 0 Å². The third-order valence-corrected chi connectivity index (χ3v) is 6.60. The largest absolute Gasteiger partial charge is 0.331 e. The summed E-state index contributed by atoms with van der Waals surface area (Å²) in [6.07, 6.45) is 0.00717. The Morgan fingerprint density at radius 1 is 1.00 bits per heavy atom. The fourth-order valence-corrected chi connectivity index (χ4v) is 4.45. The molecule has 1 atom stereocenters. The van der Waals surface area contributed by atoms with Crippen LogP contribution in [0.15, 0.2) is 78.9 Å². The summed E-state index contributed by atoms with van der Waals surface area (Å²) in [6.45, 7) is 1.95. The van der Waals surface area contributed by atoms with Gasteiger partial charge in [0.1, 0.15) is 10.8 Å². The van der Waals surface area contributed by atoms with Gasteiger partial charge in [0.15, 0.2) is 0 Å². The Balaban J connectivity index is 1.46. The smallest absolute Gasteiger partial charge is 0.257 e. The van der Waals surface area contributed by atoms with Gasteiger partial charge in [0.05, 0.1) is 11.6 Å². The molecular weight excluding hydrogens is 487 g/mol. The van der Waals surface area contributed by atoms with Crippen LogP contribution in [-0.2, 0) is 4.79 Å². The number of halogens is 2. The zero-order valence-electron chi connectivity index (χ0n) is 18.8. The van der Waals surface area contributed by atoms with Crippen molar-refractivity contribution >= 4 is 39.9 Å². The standard InChI is InChI=1S/C26H22ClFN4O2S/c1-17(18-7-3-2-4-8-18)32(25(34)21-9-5-6-10-22(21)28)16-15-23(33)29-26-31-30-24(35-26)19-11-13-20(27)14-12-19/h2-14,17H,15-16H2,1H3,(H,29,31,33). The van der Waals surface area contributed by atoms with Crippen molar-refractivity contribution in [1.29, 1.82) is 0 Å². The van der Waals surface area contributed by atoms with Crippen LogP contribution in [0.1, 0.15) is 35.3 Å². The molecule has 6 nitrogen and oxygen atoms in total. The van der Waals surface area contributed by atoms with E-state index in [-0.39, 0.29) is 30.5 Å². The Hall–Kier alpha value is -3.62. The highest BCUT2D eigenvalue weighted by Crippen LogP contribution is 2.28. The van der Waals surface area contributed by atoms with Crippen molar-refractivity contribution in [2.75, 3.05) is 11.9 Å². The number of carbonyl (C=O) groups excluding carboxylic acids is 2. The van der Waals surface area contributed by atoms with Gasteiger partial charge in [-0.1, -0.05) is 77.5 Å². The lowest BCUT2D eigenvalue weighted by atomic mass is 10.0. The van der Waals surface area contributed by atoms with Gasteiger partial charge in [-0.25, -0.2) is 4.39 Å². The minimum Gasteiger partial charge on any atom is -0.331 e. The molecule has 2 amide bonds. The molecule has 4 aromatic rings. The molecule has 0 saturated carbocycles. The molecule has 0 fully saturated rings. The zero-order valence-corrected chi connectivity index (χ0v) is 20.4. The second-order valence-corrected chi connectivity index (χ2v) is 9.20. The highest BCUT2D eigenvalue weighted by Gasteiger charge is 2.25. The van der Waals surface area contributed by atoms with E-state index in [1.54, 1.807) is 18.2 Å². The van der Waals surface area contributed by atoms with Crippen LogP contribution in [0.2, 0.25) is 5.02 Å². The summed E-state index contributed by atoms with van der Waals surface area (Å²) in [7, 11) is 0. The predicted molar refractivity (Wildman–Crippen MR) is 136 cm³/mol. The molecule has 0 saturated heterocycles. The Kier molecular flexibility index (Phi) is 7.84. The van der Waals surface area contributed by atoms with Gasteiger partial charge in [0.25, 0.3) is 5.91 Å². The molecular formula is C26H22ClFN4O2S. The van der Waals surface area contributed by atoms with E-state index in [1.807, 2.05) is 49.4 Å². The summed E-state index contributed by atoms with van der Waals surface area (Å²) in [6, 6.07) is 22.1. The summed E-state index contributed by atoms with van der Waals surface area (Å²) < 4.78 is 14.4. The van der Waals surface area contributed by atoms with Crippen LogP contribution >= 0.6 is 22.9 Å². The molecule has 0 aliphatic carbocycles. The van der Waals surface area contributed by atoms with Gasteiger partial charge >= 0.3 is 0 Å². The molecule has 3 aromatic carbocycles. The van der Waals surface area contributed by atoms with Gasteiger partial charge in [-0.3, -0.25) is 9.59 Å². The van der Waals surface area contributed by atoms with Crippen molar-refractivity contribution in [1.82, 2.24) is 15.1 Å². The number of nitrogens with zero attached hydrogens (tertiary/aromatic N) is 3. The van der Waals surface area contributed by atoms with Crippen molar-refractivity contribution in [2.45, 2.75) is 19.4 Å². The molecule has 1 aromatic heterocycles. The molecule has 0 bridgehead atoms. The summed E-state index contributed by atoms with van der Waals surface area (Å²) in [5.74, 6) is -1.40. The maximum Gasteiger partial charge on any atom is 0.257 e. The van der Waals surface area contributed by atoms with Crippen LogP contribution < -0.4 is 5.32 Å². The van der Waals surface area contributed by atoms with E-state index in [9.17, 15) is 14.0 Å². The monoisotopic (exact) mass is 508 g/mol. The Bertz CT molecular complexity index is 1310. The quantitative estimate of drug-likeness (QED) is 0.306. The first kappa shape index (κ1) is 24.5. The zero-order chi connectivity index (χ0) is 24.8. The third kappa shape index (κ3) is 6.09. The Morgan fingerprint density at radius 2 is 1.69 bits per heavy atom. The molecule has 35 heavy (non-hydrogen) atoms. The lowest BCUT2D eigenvalue weighted by molar-refractivity contribution is -0.116. The van der Waals surface area contributed by atoms with Crippen LogP contribution in [0, 0.1) is 5.82 Å². The van der Waals surface area contributed by atoms with Gasteiger partial charge in [0, 0.05) is 23.6 Å². The number of carbonyl (C=O) groups is 2. The number of benzene rings is 3. The van der Waals surface area contributed by atoms with E-state index in [0.717, 1.165) is 11.1 Å². The normalized spacial score (nSPS) is 11.6. The molecule has 1 unspecified atom stereocenters. The van der Waals surface area contributed by atoms with E-state index in [2.05, 4.69) is 15.5 Å². The Labute approximate surface area is 211 Å². The van der Waals surface area contributed by atoms with Crippen LogP contribution in [0.4, 0.5) is 9.52 Å². The molecule has 0 spiro atoms. The fourth-order valence-electron chi connectivity index (χ4n) is 3.56. The number of amides is 2. The van der Waals surface area contributed by atoms with Crippen LogP contribution in [-0.4, -0.2) is 33.5 Å². The maximum absolute atomic E-state index is 14.4. The van der Waals surface area contributed by atoms with Crippen molar-refractivity contribution < 1.29 is 14.0 Å². The van der Waals surface area contributed by atoms with E-state index >= 15 is 0 Å². The van der Waals surface area contributed by atoms with Gasteiger partial charge in [0.2, 0.25) is 11.0 Å². The molecule has 1 N–H and O–H groups in total. The fraction of sp³-hybridized carbons (Fsp3) is 0.154. The van der Waals surface area contributed by atoms with Crippen molar-refractivity contribution in [3.05, 3.63) is 101 Å². The second-order valence-electron chi connectivity index (χ2n) is 7.78. The molecule has 0 aliphatic rings. The molecule has 1 heterocycles. The van der Waals surface area contributed by atoms with E-state index in [1.165, 1.54) is 34.4 Å². The minimum absolute atomic E-state index is 0.00717. The maximum atomic E-state index is 14.4. The lowest BCUT2D eigenvalue weighted by Gasteiger charge is -2.30. The van der Waals surface area contributed by atoms with Crippen molar-refractivity contribution in [2.24, 2.45) is 0 Å². The highest BCUT2D eigenvalue weighted by atomic mass is 35.5. The first-order chi connectivity index (χ1) is 16.9. The van der Waals surface area contributed by atoms with Gasteiger partial charge in [-0.2, -0.15) is 0 Å². The van der Waals surface area contributed by atoms with Crippen LogP contribution in [0.5, 0.6) is 0 Å². The van der Waals surface area contributed by atoms with E-state index in [0.29, 0.717) is 15.2 Å². The van der Waals surface area contributed by atoms with E-state index in [4.69, 9.17) is 11.6 Å². The molecule has 0 radical (unpaired) electrons. The molecule has 178 valence electrons. The Morgan fingerprint density at radius 3 is 2.40 bits per heavy atom. The number of aromatic nitrogens is 2. The lowest BCUT2D eigenvalue weighted by Crippen LogP contribution is -2.36. The average Bonchev–Trinajstić information content (AvgIpc) is 3.33. The summed E-state index contributed by atoms with van der Waals surface area (Å²) in [4.78, 5) is 27.5. The second kappa shape index (κ2) is 11.2. The van der Waals surface area contributed by atoms with Gasteiger partial charge in [-0.15, -0.1) is 10.2 Å². The molecule has 9 heteroatoms. The van der Waals surface area contributed by atoms with Gasteiger partial charge < -0.3 is 10.2 Å². The summed E-state index contributed by atoms with van der Waals surface area (Å²) in [5, 5.41) is 12.5. The average molecular weight is 509 g/mol. The first-order valence-corrected chi connectivity index (χ1v) is 12.1. The number of rotatable bonds is 8. The minimum atomic E-state index is -0.601.